The highest BCUT2D eigenvalue weighted by atomic mass is 19.4. The average molecular weight is 402 g/mol. The number of nitrogens with zero attached hydrogens (tertiary/aromatic N) is 2. The van der Waals surface area contributed by atoms with E-state index in [1.54, 1.807) is 0 Å². The van der Waals surface area contributed by atoms with Crippen molar-refractivity contribution in [2.75, 3.05) is 23.4 Å². The summed E-state index contributed by atoms with van der Waals surface area (Å²) in [7, 11) is 1.43. The summed E-state index contributed by atoms with van der Waals surface area (Å²) in [5, 5.41) is 0. The van der Waals surface area contributed by atoms with Gasteiger partial charge in [-0.25, -0.2) is 0 Å². The van der Waals surface area contributed by atoms with E-state index in [4.69, 9.17) is 0 Å². The van der Waals surface area contributed by atoms with Crippen molar-refractivity contribution < 1.29 is 22.8 Å². The van der Waals surface area contributed by atoms with E-state index in [0.717, 1.165) is 25.0 Å². The number of carbonyl (C=O) groups excluding carboxylic acids is 2. The van der Waals surface area contributed by atoms with Crippen molar-refractivity contribution in [3.05, 3.63) is 59.2 Å². The number of fused-ring (bicyclic) bond motifs is 2. The summed E-state index contributed by atoms with van der Waals surface area (Å²) >= 11 is 0. The van der Waals surface area contributed by atoms with Gasteiger partial charge in [0.15, 0.2) is 0 Å². The summed E-state index contributed by atoms with van der Waals surface area (Å²) in [6.45, 7) is -0.158. The van der Waals surface area contributed by atoms with Gasteiger partial charge in [0.1, 0.15) is 6.54 Å². The van der Waals surface area contributed by atoms with E-state index < -0.39 is 17.6 Å². The molecule has 1 unspecified atom stereocenters. The van der Waals surface area contributed by atoms with Gasteiger partial charge in [0, 0.05) is 13.5 Å². The van der Waals surface area contributed by atoms with Crippen LogP contribution >= 0.6 is 0 Å². The highest BCUT2D eigenvalue weighted by Gasteiger charge is 2.36. The quantitative estimate of drug-likeness (QED) is 0.757. The summed E-state index contributed by atoms with van der Waals surface area (Å²) in [4.78, 5) is 27.7. The number of hydrogen-bond acceptors (Lipinski definition) is 2. The molecule has 2 aromatic carbocycles. The third kappa shape index (κ3) is 3.61. The predicted octanol–water partition coefficient (Wildman–Crippen LogP) is 4.53. The topological polar surface area (TPSA) is 40.6 Å². The summed E-state index contributed by atoms with van der Waals surface area (Å²) in [5.41, 5.74) is 2.19. The third-order valence-corrected chi connectivity index (χ3v) is 5.89. The summed E-state index contributed by atoms with van der Waals surface area (Å²) in [5.74, 6) is -0.349. The van der Waals surface area contributed by atoms with Crippen molar-refractivity contribution in [2.45, 2.75) is 37.8 Å². The van der Waals surface area contributed by atoms with E-state index in [9.17, 15) is 22.8 Å². The molecule has 152 valence electrons. The minimum absolute atomic E-state index is 0.107. The number of aryl methyl sites for hydroxylation is 1. The molecular formula is C22H21F3N2O2. The lowest BCUT2D eigenvalue weighted by atomic mass is 9.95. The maximum absolute atomic E-state index is 13.1. The zero-order valence-corrected chi connectivity index (χ0v) is 16.0. The largest absolute Gasteiger partial charge is 0.416 e. The number of benzene rings is 2. The molecule has 2 aromatic rings. The standard InChI is InChI=1S/C22H21F3N2O2/c1-26-19-12-16(22(23,24)25)9-10-18(19)27(13-21(26)29)20(28)11-8-15-7-6-14-4-2-3-5-17(14)15/h2-5,9-10,12,15H,6-8,11,13H2,1H3. The smallest absolute Gasteiger partial charge is 0.312 e. The lowest BCUT2D eigenvalue weighted by Gasteiger charge is -2.34. The van der Waals surface area contributed by atoms with Crippen LogP contribution in [0.1, 0.15) is 41.9 Å². The van der Waals surface area contributed by atoms with Crippen molar-refractivity contribution in [1.82, 2.24) is 0 Å². The number of likely N-dealkylation sites (N-methyl/N-ethyl adjacent to an activating group) is 1. The highest BCUT2D eigenvalue weighted by Crippen LogP contribution is 2.40. The van der Waals surface area contributed by atoms with Gasteiger partial charge in [-0.1, -0.05) is 24.3 Å². The van der Waals surface area contributed by atoms with E-state index in [-0.39, 0.29) is 24.6 Å². The SMILES string of the molecule is CN1C(=O)CN(C(=O)CCC2CCc3ccccc32)c2ccc(C(F)(F)F)cc21. The molecule has 1 aliphatic carbocycles. The van der Waals surface area contributed by atoms with Crippen LogP contribution in [0.4, 0.5) is 24.5 Å². The van der Waals surface area contributed by atoms with Crippen molar-refractivity contribution >= 4 is 23.2 Å². The highest BCUT2D eigenvalue weighted by molar-refractivity contribution is 6.10. The monoisotopic (exact) mass is 402 g/mol. The molecule has 7 heteroatoms. The van der Waals surface area contributed by atoms with Gasteiger partial charge in [0.2, 0.25) is 11.8 Å². The summed E-state index contributed by atoms with van der Waals surface area (Å²) < 4.78 is 39.2. The van der Waals surface area contributed by atoms with Gasteiger partial charge >= 0.3 is 6.18 Å². The van der Waals surface area contributed by atoms with Gasteiger partial charge in [-0.3, -0.25) is 9.59 Å². The maximum atomic E-state index is 13.1. The maximum Gasteiger partial charge on any atom is 0.416 e. The van der Waals surface area contributed by atoms with Crippen LogP contribution in [0.15, 0.2) is 42.5 Å². The first kappa shape index (κ1) is 19.5. The molecule has 1 atom stereocenters. The minimum Gasteiger partial charge on any atom is -0.312 e. The van der Waals surface area contributed by atoms with Crippen molar-refractivity contribution in [3.63, 3.8) is 0 Å². The number of alkyl halides is 3. The van der Waals surface area contributed by atoms with Gasteiger partial charge in [-0.15, -0.1) is 0 Å². The second-order valence-electron chi connectivity index (χ2n) is 7.61. The van der Waals surface area contributed by atoms with Gasteiger partial charge < -0.3 is 9.80 Å². The first-order chi connectivity index (χ1) is 13.8. The number of halogens is 3. The molecule has 4 rings (SSSR count). The number of amides is 2. The van der Waals surface area contributed by atoms with Crippen LogP contribution in [0.2, 0.25) is 0 Å². The fourth-order valence-corrected chi connectivity index (χ4v) is 4.26. The van der Waals surface area contributed by atoms with Crippen LogP contribution in [0.25, 0.3) is 0 Å². The molecule has 1 heterocycles. The molecule has 0 bridgehead atoms. The lowest BCUT2D eigenvalue weighted by Crippen LogP contribution is -2.46. The molecule has 4 nitrogen and oxygen atoms in total. The van der Waals surface area contributed by atoms with E-state index in [2.05, 4.69) is 12.1 Å². The fraction of sp³-hybridized carbons (Fsp3) is 0.364. The Morgan fingerprint density at radius 3 is 2.66 bits per heavy atom. The van der Waals surface area contributed by atoms with Crippen LogP contribution < -0.4 is 9.80 Å². The normalized spacial score (nSPS) is 18.6. The van der Waals surface area contributed by atoms with Crippen molar-refractivity contribution in [3.8, 4) is 0 Å². The van der Waals surface area contributed by atoms with Gasteiger partial charge in [0.05, 0.1) is 16.9 Å². The minimum atomic E-state index is -4.51. The molecular weight excluding hydrogens is 381 g/mol. The van der Waals surface area contributed by atoms with Crippen LogP contribution in [-0.4, -0.2) is 25.4 Å². The number of carbonyl (C=O) groups is 2. The molecule has 2 amide bonds. The predicted molar refractivity (Wildman–Crippen MR) is 104 cm³/mol. The molecule has 0 spiro atoms. The second kappa shape index (κ2) is 7.21. The zero-order valence-electron chi connectivity index (χ0n) is 16.0. The molecule has 0 saturated carbocycles. The first-order valence-corrected chi connectivity index (χ1v) is 9.61. The second-order valence-corrected chi connectivity index (χ2v) is 7.61. The summed E-state index contributed by atoms with van der Waals surface area (Å²) in [6, 6.07) is 11.4. The van der Waals surface area contributed by atoms with E-state index in [0.29, 0.717) is 18.0 Å². The molecule has 0 radical (unpaired) electrons. The number of hydrogen-bond donors (Lipinski definition) is 0. The Kier molecular flexibility index (Phi) is 4.84. The van der Waals surface area contributed by atoms with Crippen LogP contribution in [0.5, 0.6) is 0 Å². The van der Waals surface area contributed by atoms with Crippen LogP contribution in [0.3, 0.4) is 0 Å². The Labute approximate surface area is 166 Å². The van der Waals surface area contributed by atoms with Gasteiger partial charge in [-0.05, 0) is 54.5 Å². The van der Waals surface area contributed by atoms with Gasteiger partial charge in [0.25, 0.3) is 0 Å². The van der Waals surface area contributed by atoms with Crippen LogP contribution in [0, 0.1) is 0 Å². The van der Waals surface area contributed by atoms with Crippen LogP contribution in [-0.2, 0) is 22.2 Å². The van der Waals surface area contributed by atoms with Crippen molar-refractivity contribution in [2.24, 2.45) is 0 Å². The molecule has 2 aliphatic rings. The van der Waals surface area contributed by atoms with Gasteiger partial charge in [-0.2, -0.15) is 13.2 Å². The molecule has 0 fully saturated rings. The Morgan fingerprint density at radius 1 is 1.14 bits per heavy atom. The Balaban J connectivity index is 1.54. The zero-order chi connectivity index (χ0) is 20.8. The Bertz CT molecular complexity index is 971. The number of anilines is 2. The first-order valence-electron chi connectivity index (χ1n) is 9.61. The Morgan fingerprint density at radius 2 is 1.90 bits per heavy atom. The van der Waals surface area contributed by atoms with Crippen molar-refractivity contribution in [1.29, 1.82) is 0 Å². The molecule has 29 heavy (non-hydrogen) atoms. The Hall–Kier alpha value is -2.83. The molecule has 0 aromatic heterocycles. The number of rotatable bonds is 3. The van der Waals surface area contributed by atoms with E-state index >= 15 is 0 Å². The van der Waals surface area contributed by atoms with E-state index in [1.807, 2.05) is 12.1 Å². The lowest BCUT2D eigenvalue weighted by molar-refractivity contribution is -0.137. The van der Waals surface area contributed by atoms with E-state index in [1.165, 1.54) is 34.0 Å². The molecule has 0 N–H and O–H groups in total. The summed E-state index contributed by atoms with van der Waals surface area (Å²) in [6.07, 6.45) is -1.63. The fourth-order valence-electron chi connectivity index (χ4n) is 4.26. The molecule has 1 aliphatic heterocycles. The molecule has 0 saturated heterocycles. The third-order valence-electron chi connectivity index (χ3n) is 5.89. The average Bonchev–Trinajstić information content (AvgIpc) is 3.11.